The lowest BCUT2D eigenvalue weighted by Crippen LogP contribution is -2.49. The molecule has 1 aliphatic rings. The molecule has 27 heavy (non-hydrogen) atoms. The van der Waals surface area contributed by atoms with Gasteiger partial charge in [0.25, 0.3) is 0 Å². The van der Waals surface area contributed by atoms with Crippen molar-refractivity contribution >= 4 is 11.7 Å². The van der Waals surface area contributed by atoms with Crippen molar-refractivity contribution in [1.29, 1.82) is 0 Å². The minimum absolute atomic E-state index is 0.000429. The summed E-state index contributed by atoms with van der Waals surface area (Å²) in [5, 5.41) is 7.12. The predicted molar refractivity (Wildman–Crippen MR) is 105 cm³/mol. The zero-order chi connectivity index (χ0) is 19.2. The summed E-state index contributed by atoms with van der Waals surface area (Å²) < 4.78 is 1.67. The summed E-state index contributed by atoms with van der Waals surface area (Å²) in [6.45, 7) is 11.4. The molecule has 0 aliphatic carbocycles. The molecule has 1 saturated heterocycles. The number of piperazine rings is 1. The predicted octanol–water partition coefficient (Wildman–Crippen LogP) is 1.30. The summed E-state index contributed by atoms with van der Waals surface area (Å²) in [7, 11) is 0. The molecule has 0 radical (unpaired) electrons. The highest BCUT2D eigenvalue weighted by Crippen LogP contribution is 2.18. The van der Waals surface area contributed by atoms with Gasteiger partial charge in [-0.2, -0.15) is 5.10 Å². The van der Waals surface area contributed by atoms with Crippen molar-refractivity contribution in [2.24, 2.45) is 0 Å². The van der Waals surface area contributed by atoms with E-state index in [9.17, 15) is 4.79 Å². The van der Waals surface area contributed by atoms with Crippen LogP contribution in [-0.2, 0) is 4.79 Å². The van der Waals surface area contributed by atoms with Gasteiger partial charge < -0.3 is 10.2 Å². The quantitative estimate of drug-likeness (QED) is 0.790. The Hall–Kier alpha value is -2.48. The lowest BCUT2D eigenvalue weighted by Gasteiger charge is -2.35. The zero-order valence-electron chi connectivity index (χ0n) is 16.4. The van der Waals surface area contributed by atoms with E-state index < -0.39 is 0 Å². The average molecular weight is 371 g/mol. The van der Waals surface area contributed by atoms with Crippen LogP contribution >= 0.6 is 0 Å². The van der Waals surface area contributed by atoms with Gasteiger partial charge in [-0.1, -0.05) is 13.8 Å². The third-order valence-corrected chi connectivity index (χ3v) is 4.99. The van der Waals surface area contributed by atoms with Gasteiger partial charge in [-0.25, -0.2) is 9.97 Å². The molecule has 1 fully saturated rings. The van der Waals surface area contributed by atoms with Crippen LogP contribution in [0, 0.1) is 0 Å². The second-order valence-corrected chi connectivity index (χ2v) is 7.24. The fraction of sp³-hybridized carbons (Fsp3) is 0.579. The second kappa shape index (κ2) is 8.94. The van der Waals surface area contributed by atoms with Crippen LogP contribution in [0.2, 0.25) is 0 Å². The Bertz CT molecular complexity index is 723. The van der Waals surface area contributed by atoms with Crippen molar-refractivity contribution in [3.05, 3.63) is 36.5 Å². The van der Waals surface area contributed by atoms with Crippen molar-refractivity contribution in [2.75, 3.05) is 44.2 Å². The Morgan fingerprint density at radius 3 is 2.63 bits per heavy atom. The lowest BCUT2D eigenvalue weighted by molar-refractivity contribution is -0.124. The van der Waals surface area contributed by atoms with Gasteiger partial charge in [0.2, 0.25) is 5.91 Å². The first kappa shape index (κ1) is 19.3. The van der Waals surface area contributed by atoms with E-state index in [2.05, 4.69) is 50.1 Å². The van der Waals surface area contributed by atoms with E-state index in [1.165, 1.54) is 0 Å². The monoisotopic (exact) mass is 371 g/mol. The minimum atomic E-state index is -0.287. The van der Waals surface area contributed by atoms with Gasteiger partial charge in [0.1, 0.15) is 18.2 Å². The Morgan fingerprint density at radius 1 is 1.19 bits per heavy atom. The molecule has 1 unspecified atom stereocenters. The van der Waals surface area contributed by atoms with Crippen molar-refractivity contribution in [3.63, 3.8) is 0 Å². The molecule has 2 aromatic rings. The maximum Gasteiger partial charge on any atom is 0.244 e. The molecule has 0 bridgehead atoms. The molecule has 0 saturated carbocycles. The van der Waals surface area contributed by atoms with Crippen LogP contribution in [0.15, 0.2) is 30.9 Å². The summed E-state index contributed by atoms with van der Waals surface area (Å²) in [5.41, 5.74) is 1.08. The average Bonchev–Trinajstić information content (AvgIpc) is 3.22. The van der Waals surface area contributed by atoms with Gasteiger partial charge in [-0.05, 0) is 18.9 Å². The van der Waals surface area contributed by atoms with Crippen LogP contribution in [0.4, 0.5) is 5.82 Å². The highest BCUT2D eigenvalue weighted by Gasteiger charge is 2.19. The standard InChI is InChI=1S/C19H29N7O/c1-15(2)17-13-18(22-14-21-17)25-11-9-24(10-12-25)8-6-20-19(27)16(3)26-7-4-5-23-26/h4-5,7,13-16H,6,8-12H2,1-3H3,(H,20,27). The second-order valence-electron chi connectivity index (χ2n) is 7.24. The number of amides is 1. The number of hydrogen-bond donors (Lipinski definition) is 1. The van der Waals surface area contributed by atoms with E-state index >= 15 is 0 Å². The Kier molecular flexibility index (Phi) is 6.39. The molecule has 146 valence electrons. The zero-order valence-corrected chi connectivity index (χ0v) is 16.4. The molecule has 1 atom stereocenters. The van der Waals surface area contributed by atoms with Crippen LogP contribution in [0.1, 0.15) is 38.4 Å². The molecule has 2 aromatic heterocycles. The number of anilines is 1. The van der Waals surface area contributed by atoms with Crippen LogP contribution in [0.3, 0.4) is 0 Å². The maximum atomic E-state index is 12.2. The maximum absolute atomic E-state index is 12.2. The van der Waals surface area contributed by atoms with Crippen LogP contribution in [0.25, 0.3) is 0 Å². The first-order valence-corrected chi connectivity index (χ1v) is 9.60. The Balaban J connectivity index is 1.41. The molecule has 8 heteroatoms. The summed E-state index contributed by atoms with van der Waals surface area (Å²) >= 11 is 0. The molecule has 0 aromatic carbocycles. The molecule has 0 spiro atoms. The highest BCUT2D eigenvalue weighted by atomic mass is 16.2. The van der Waals surface area contributed by atoms with Crippen LogP contribution < -0.4 is 10.2 Å². The Morgan fingerprint density at radius 2 is 1.96 bits per heavy atom. The fourth-order valence-corrected chi connectivity index (χ4v) is 3.17. The fourth-order valence-electron chi connectivity index (χ4n) is 3.17. The highest BCUT2D eigenvalue weighted by molar-refractivity contribution is 5.79. The van der Waals surface area contributed by atoms with E-state index in [4.69, 9.17) is 0 Å². The molecular weight excluding hydrogens is 342 g/mol. The van der Waals surface area contributed by atoms with Gasteiger partial charge in [0.15, 0.2) is 0 Å². The van der Waals surface area contributed by atoms with Crippen molar-refractivity contribution < 1.29 is 4.79 Å². The van der Waals surface area contributed by atoms with E-state index in [0.29, 0.717) is 12.5 Å². The molecule has 1 N–H and O–H groups in total. The number of nitrogens with zero attached hydrogens (tertiary/aromatic N) is 6. The SMILES string of the molecule is CC(C)c1cc(N2CCN(CCNC(=O)C(C)n3cccn3)CC2)ncn1. The smallest absolute Gasteiger partial charge is 0.244 e. The number of nitrogens with one attached hydrogen (secondary N) is 1. The summed E-state index contributed by atoms with van der Waals surface area (Å²) in [6, 6.07) is 3.63. The number of carbonyl (C=O) groups is 1. The summed E-state index contributed by atoms with van der Waals surface area (Å²) in [4.78, 5) is 25.7. The third-order valence-electron chi connectivity index (χ3n) is 4.99. The lowest BCUT2D eigenvalue weighted by atomic mass is 10.1. The van der Waals surface area contributed by atoms with Crippen molar-refractivity contribution in [1.82, 2.24) is 30.0 Å². The summed E-state index contributed by atoms with van der Waals surface area (Å²) in [5.74, 6) is 1.41. The van der Waals surface area contributed by atoms with E-state index in [1.807, 2.05) is 13.0 Å². The molecule has 3 heterocycles. The van der Waals surface area contributed by atoms with E-state index in [1.54, 1.807) is 23.4 Å². The van der Waals surface area contributed by atoms with Gasteiger partial charge >= 0.3 is 0 Å². The molecule has 1 aliphatic heterocycles. The molecule has 1 amide bonds. The third kappa shape index (κ3) is 5.03. The van der Waals surface area contributed by atoms with E-state index in [-0.39, 0.29) is 11.9 Å². The van der Waals surface area contributed by atoms with Gasteiger partial charge in [0.05, 0.1) is 0 Å². The number of carbonyl (C=O) groups excluding carboxylic acids is 1. The van der Waals surface area contributed by atoms with Crippen LogP contribution in [0.5, 0.6) is 0 Å². The van der Waals surface area contributed by atoms with E-state index in [0.717, 1.165) is 44.2 Å². The largest absolute Gasteiger partial charge is 0.354 e. The van der Waals surface area contributed by atoms with Crippen LogP contribution in [-0.4, -0.2) is 69.8 Å². The van der Waals surface area contributed by atoms with Crippen molar-refractivity contribution in [2.45, 2.75) is 32.7 Å². The first-order valence-electron chi connectivity index (χ1n) is 9.60. The summed E-state index contributed by atoms with van der Waals surface area (Å²) in [6.07, 6.45) is 5.15. The van der Waals surface area contributed by atoms with Gasteiger partial charge in [-0.15, -0.1) is 0 Å². The van der Waals surface area contributed by atoms with Crippen molar-refractivity contribution in [3.8, 4) is 0 Å². The molecular formula is C19H29N7O. The first-order chi connectivity index (χ1) is 13.0. The topological polar surface area (TPSA) is 79.2 Å². The minimum Gasteiger partial charge on any atom is -0.354 e. The number of hydrogen-bond acceptors (Lipinski definition) is 6. The molecule has 3 rings (SSSR count). The normalized spacial score (nSPS) is 16.5. The number of aromatic nitrogens is 4. The molecule has 8 nitrogen and oxygen atoms in total. The number of rotatable bonds is 7. The van der Waals surface area contributed by atoms with Gasteiger partial charge in [-0.3, -0.25) is 14.4 Å². The Labute approximate surface area is 160 Å². The van der Waals surface area contributed by atoms with Gasteiger partial charge in [0, 0.05) is 63.4 Å².